The first-order chi connectivity index (χ1) is 16.8. The van der Waals surface area contributed by atoms with Gasteiger partial charge in [-0.2, -0.15) is 0 Å². The van der Waals surface area contributed by atoms with Crippen LogP contribution >= 0.6 is 11.3 Å². The Morgan fingerprint density at radius 2 is 2.06 bits per heavy atom. The number of hydrogen-bond donors (Lipinski definition) is 2. The summed E-state index contributed by atoms with van der Waals surface area (Å²) in [6.07, 6.45) is -0.214. The Kier molecular flexibility index (Phi) is 7.60. The summed E-state index contributed by atoms with van der Waals surface area (Å²) in [6, 6.07) is 9.21. The predicted octanol–water partition coefficient (Wildman–Crippen LogP) is 2.00. The lowest BCUT2D eigenvalue weighted by Crippen LogP contribution is -2.25. The molecule has 1 amide bonds. The summed E-state index contributed by atoms with van der Waals surface area (Å²) in [7, 11) is -2.05. The summed E-state index contributed by atoms with van der Waals surface area (Å²) < 4.78 is 35.9. The zero-order valence-electron chi connectivity index (χ0n) is 19.0. The topological polar surface area (TPSA) is 149 Å². The third-order valence-electron chi connectivity index (χ3n) is 5.24. The van der Waals surface area contributed by atoms with E-state index in [9.17, 15) is 18.3 Å². The van der Waals surface area contributed by atoms with Gasteiger partial charge in [-0.3, -0.25) is 10.1 Å². The molecule has 4 rings (SSSR count). The van der Waals surface area contributed by atoms with E-state index in [1.807, 2.05) is 0 Å². The summed E-state index contributed by atoms with van der Waals surface area (Å²) in [5.74, 6) is -0.201. The zero-order chi connectivity index (χ0) is 25.0. The van der Waals surface area contributed by atoms with E-state index in [0.717, 1.165) is 11.3 Å². The molecule has 186 valence electrons. The average molecular weight is 521 g/mol. The molecule has 2 atom stereocenters. The highest BCUT2D eigenvalue weighted by Gasteiger charge is 2.31. The number of benzene rings is 1. The van der Waals surface area contributed by atoms with Crippen molar-refractivity contribution in [2.24, 2.45) is 5.16 Å². The Morgan fingerprint density at radius 3 is 2.71 bits per heavy atom. The summed E-state index contributed by atoms with van der Waals surface area (Å²) in [5.41, 5.74) is 0.804. The number of carbonyl (C=O) groups is 1. The molecule has 0 radical (unpaired) electrons. The fraction of sp³-hybridized carbons (Fsp3) is 0.364. The van der Waals surface area contributed by atoms with E-state index in [4.69, 9.17) is 14.3 Å². The standard InChI is InChI=1S/C22H24N4O7S2/c1-13(11-27)33-26-19(14-3-5-15(6-4-14)35(29,30)16-9-10-32-12-16)20(28)25-22-23-17-7-8-18(31-2)24-21(17)34-22/h3-8,13,16,27H,9-12H2,1-2H3,(H,23,25,28)/t13-,16+/m1/s1. The first-order valence-electron chi connectivity index (χ1n) is 10.7. The van der Waals surface area contributed by atoms with Crippen molar-refractivity contribution in [2.75, 3.05) is 32.2 Å². The summed E-state index contributed by atoms with van der Waals surface area (Å²) in [5, 5.41) is 15.5. The van der Waals surface area contributed by atoms with E-state index in [-0.39, 0.29) is 29.0 Å². The third-order valence-corrected chi connectivity index (χ3v) is 8.30. The number of rotatable bonds is 9. The van der Waals surface area contributed by atoms with E-state index >= 15 is 0 Å². The van der Waals surface area contributed by atoms with Gasteiger partial charge in [0.2, 0.25) is 5.88 Å². The second-order valence-electron chi connectivity index (χ2n) is 7.74. The SMILES string of the molecule is COc1ccc2nc(NC(=O)C(=NO[C@H](C)CO)c3ccc(S(=O)(=O)[C@H]4CCOC4)cc3)sc2n1. The number of aliphatic hydroxyl groups excluding tert-OH is 1. The number of sulfone groups is 1. The number of methoxy groups -OCH3 is 1. The number of anilines is 1. The van der Waals surface area contributed by atoms with Crippen LogP contribution in [0.1, 0.15) is 18.9 Å². The number of nitrogens with zero attached hydrogens (tertiary/aromatic N) is 3. The Labute approximate surface area is 205 Å². The Balaban J connectivity index is 1.60. The second-order valence-corrected chi connectivity index (χ2v) is 11.0. The van der Waals surface area contributed by atoms with E-state index in [1.165, 1.54) is 31.4 Å². The van der Waals surface area contributed by atoms with E-state index < -0.39 is 27.1 Å². The smallest absolute Gasteiger partial charge is 0.280 e. The van der Waals surface area contributed by atoms with Gasteiger partial charge in [0, 0.05) is 18.2 Å². The number of pyridine rings is 1. The fourth-order valence-electron chi connectivity index (χ4n) is 3.28. The Morgan fingerprint density at radius 1 is 1.29 bits per heavy atom. The van der Waals surface area contributed by atoms with Crippen LogP contribution in [0.25, 0.3) is 10.3 Å². The summed E-state index contributed by atoms with van der Waals surface area (Å²) in [6.45, 7) is 1.86. The van der Waals surface area contributed by atoms with Crippen LogP contribution in [-0.2, 0) is 24.2 Å². The highest BCUT2D eigenvalue weighted by molar-refractivity contribution is 7.92. The number of hydrogen-bond acceptors (Lipinski definition) is 11. The van der Waals surface area contributed by atoms with Crippen molar-refractivity contribution >= 4 is 48.3 Å². The lowest BCUT2D eigenvalue weighted by Gasteiger charge is -2.12. The first kappa shape index (κ1) is 25.0. The Bertz CT molecular complexity index is 1330. The average Bonchev–Trinajstić information content (AvgIpc) is 3.54. The molecule has 3 heterocycles. The number of ether oxygens (including phenoxy) is 2. The number of fused-ring (bicyclic) bond motifs is 1. The van der Waals surface area contributed by atoms with Crippen molar-refractivity contribution in [3.63, 3.8) is 0 Å². The zero-order valence-corrected chi connectivity index (χ0v) is 20.6. The molecule has 0 spiro atoms. The minimum absolute atomic E-state index is 0.108. The van der Waals surface area contributed by atoms with Gasteiger partial charge >= 0.3 is 0 Å². The molecule has 11 nitrogen and oxygen atoms in total. The van der Waals surface area contributed by atoms with Crippen LogP contribution in [0.2, 0.25) is 0 Å². The van der Waals surface area contributed by atoms with Crippen LogP contribution in [0.4, 0.5) is 5.13 Å². The molecule has 35 heavy (non-hydrogen) atoms. The van der Waals surface area contributed by atoms with Gasteiger partial charge in [0.15, 0.2) is 20.7 Å². The van der Waals surface area contributed by atoms with Gasteiger partial charge in [-0.25, -0.2) is 18.4 Å². The lowest BCUT2D eigenvalue weighted by atomic mass is 10.1. The van der Waals surface area contributed by atoms with Crippen molar-refractivity contribution < 1.29 is 32.6 Å². The van der Waals surface area contributed by atoms with Crippen LogP contribution in [-0.4, -0.2) is 73.4 Å². The number of nitrogens with one attached hydrogen (secondary N) is 1. The monoisotopic (exact) mass is 520 g/mol. The Hall–Kier alpha value is -3.13. The van der Waals surface area contributed by atoms with Crippen LogP contribution in [0, 0.1) is 0 Å². The van der Waals surface area contributed by atoms with Gasteiger partial charge in [0.25, 0.3) is 5.91 Å². The van der Waals surface area contributed by atoms with Gasteiger partial charge in [0.1, 0.15) is 16.5 Å². The van der Waals surface area contributed by atoms with E-state index in [2.05, 4.69) is 20.4 Å². The highest BCUT2D eigenvalue weighted by atomic mass is 32.2. The predicted molar refractivity (Wildman–Crippen MR) is 130 cm³/mol. The van der Waals surface area contributed by atoms with E-state index in [0.29, 0.717) is 34.8 Å². The molecule has 0 aliphatic carbocycles. The minimum Gasteiger partial charge on any atom is -0.481 e. The molecule has 1 aliphatic heterocycles. The molecule has 0 saturated carbocycles. The van der Waals surface area contributed by atoms with Gasteiger partial charge in [0.05, 0.1) is 30.5 Å². The largest absolute Gasteiger partial charge is 0.481 e. The molecule has 0 bridgehead atoms. The molecule has 1 fully saturated rings. The minimum atomic E-state index is -3.56. The number of thiazole rings is 1. The maximum atomic E-state index is 13.1. The number of amides is 1. The van der Waals surface area contributed by atoms with Crippen LogP contribution < -0.4 is 10.1 Å². The molecule has 2 N–H and O–H groups in total. The maximum absolute atomic E-state index is 13.1. The summed E-state index contributed by atoms with van der Waals surface area (Å²) in [4.78, 5) is 27.7. The normalized spacial score (nSPS) is 17.3. The van der Waals surface area contributed by atoms with Gasteiger partial charge < -0.3 is 19.4 Å². The number of aromatic nitrogens is 2. The summed E-state index contributed by atoms with van der Waals surface area (Å²) >= 11 is 1.16. The maximum Gasteiger partial charge on any atom is 0.280 e. The van der Waals surface area contributed by atoms with Crippen LogP contribution in [0.15, 0.2) is 46.4 Å². The van der Waals surface area contributed by atoms with Crippen molar-refractivity contribution in [1.82, 2.24) is 9.97 Å². The second kappa shape index (κ2) is 10.6. The van der Waals surface area contributed by atoms with Crippen molar-refractivity contribution in [1.29, 1.82) is 0 Å². The molecule has 0 unspecified atom stereocenters. The van der Waals surface area contributed by atoms with Gasteiger partial charge in [-0.15, -0.1) is 0 Å². The van der Waals surface area contributed by atoms with Crippen molar-refractivity contribution in [3.8, 4) is 5.88 Å². The number of oxime groups is 1. The van der Waals surface area contributed by atoms with Crippen LogP contribution in [0.5, 0.6) is 5.88 Å². The van der Waals surface area contributed by atoms with Gasteiger partial charge in [-0.05, 0) is 31.5 Å². The van der Waals surface area contributed by atoms with Crippen molar-refractivity contribution in [2.45, 2.75) is 29.6 Å². The molecule has 1 aliphatic rings. The molecular formula is C22H24N4O7S2. The fourth-order valence-corrected chi connectivity index (χ4v) is 5.68. The number of aliphatic hydroxyl groups is 1. The first-order valence-corrected chi connectivity index (χ1v) is 13.1. The molecule has 1 aromatic carbocycles. The van der Waals surface area contributed by atoms with Crippen molar-refractivity contribution in [3.05, 3.63) is 42.0 Å². The van der Waals surface area contributed by atoms with Gasteiger partial charge in [-0.1, -0.05) is 28.6 Å². The van der Waals surface area contributed by atoms with Crippen LogP contribution in [0.3, 0.4) is 0 Å². The number of carbonyl (C=O) groups excluding carboxylic acids is 1. The molecule has 3 aromatic rings. The molecule has 13 heteroatoms. The molecule has 2 aromatic heterocycles. The molecule has 1 saturated heterocycles. The highest BCUT2D eigenvalue weighted by Crippen LogP contribution is 2.27. The quantitative estimate of drug-likeness (QED) is 0.319. The molecular weight excluding hydrogens is 496 g/mol. The van der Waals surface area contributed by atoms with E-state index in [1.54, 1.807) is 19.1 Å². The lowest BCUT2D eigenvalue weighted by molar-refractivity contribution is -0.110. The third kappa shape index (κ3) is 5.59.